The Morgan fingerprint density at radius 1 is 1.26 bits per heavy atom. The third-order valence-corrected chi connectivity index (χ3v) is 5.40. The maximum atomic E-state index is 12.4. The highest BCUT2D eigenvalue weighted by atomic mass is 32.1. The number of carbonyl (C=O) groups is 1. The molecule has 0 aliphatic carbocycles. The molecule has 1 saturated heterocycles. The summed E-state index contributed by atoms with van der Waals surface area (Å²) in [4.78, 5) is 20.2. The summed E-state index contributed by atoms with van der Waals surface area (Å²) in [5.74, 6) is -0.0173. The van der Waals surface area contributed by atoms with Crippen molar-refractivity contribution in [2.75, 3.05) is 19.6 Å². The molecule has 1 aliphatic heterocycles. The Bertz CT molecular complexity index is 648. The van der Waals surface area contributed by atoms with Crippen LogP contribution in [0.4, 0.5) is 0 Å². The van der Waals surface area contributed by atoms with Crippen molar-refractivity contribution < 1.29 is 4.79 Å². The summed E-state index contributed by atoms with van der Waals surface area (Å²) in [6.07, 6.45) is 3.56. The molecule has 1 N–H and O–H groups in total. The number of hydrogen-bond acceptors (Lipinski definition) is 4. The van der Waals surface area contributed by atoms with Crippen LogP contribution in [0.5, 0.6) is 0 Å². The number of carbonyl (C=O) groups excluding carboxylic acids is 1. The largest absolute Gasteiger partial charge is 0.347 e. The minimum absolute atomic E-state index is 0.0173. The SMILES string of the molecule is Cc1nc(CCN2CCCC2)sc1C(=O)NCc1ccccc1. The van der Waals surface area contributed by atoms with Gasteiger partial charge in [0.15, 0.2) is 0 Å². The molecule has 1 amide bonds. The highest BCUT2D eigenvalue weighted by Crippen LogP contribution is 2.19. The van der Waals surface area contributed by atoms with Crippen LogP contribution in [0.25, 0.3) is 0 Å². The number of aryl methyl sites for hydroxylation is 1. The van der Waals surface area contributed by atoms with Gasteiger partial charge in [-0.1, -0.05) is 30.3 Å². The van der Waals surface area contributed by atoms with Gasteiger partial charge in [0.1, 0.15) is 4.88 Å². The molecule has 0 unspecified atom stereocenters. The zero-order chi connectivity index (χ0) is 16.1. The number of thiazole rings is 1. The van der Waals surface area contributed by atoms with Gasteiger partial charge >= 0.3 is 0 Å². The van der Waals surface area contributed by atoms with Gasteiger partial charge in [-0.2, -0.15) is 0 Å². The fraction of sp³-hybridized carbons (Fsp3) is 0.444. The molecule has 1 aromatic carbocycles. The Hall–Kier alpha value is -1.72. The van der Waals surface area contributed by atoms with Crippen LogP contribution in [0.15, 0.2) is 30.3 Å². The molecular weight excluding hydrogens is 306 g/mol. The molecule has 4 nitrogen and oxygen atoms in total. The molecule has 5 heteroatoms. The van der Waals surface area contributed by atoms with E-state index in [1.165, 1.54) is 37.3 Å². The smallest absolute Gasteiger partial charge is 0.263 e. The van der Waals surface area contributed by atoms with Crippen molar-refractivity contribution in [3.05, 3.63) is 51.5 Å². The first-order valence-corrected chi connectivity index (χ1v) is 9.05. The second-order valence-electron chi connectivity index (χ2n) is 5.99. The fourth-order valence-corrected chi connectivity index (χ4v) is 3.86. The average Bonchev–Trinajstić information content (AvgIpc) is 3.21. The second-order valence-corrected chi connectivity index (χ2v) is 7.07. The van der Waals surface area contributed by atoms with Gasteiger partial charge < -0.3 is 10.2 Å². The Morgan fingerprint density at radius 2 is 2.00 bits per heavy atom. The molecule has 0 bridgehead atoms. The highest BCUT2D eigenvalue weighted by molar-refractivity contribution is 7.13. The summed E-state index contributed by atoms with van der Waals surface area (Å²) < 4.78 is 0. The van der Waals surface area contributed by atoms with E-state index in [1.54, 1.807) is 0 Å². The van der Waals surface area contributed by atoms with Crippen LogP contribution in [0.3, 0.4) is 0 Å². The van der Waals surface area contributed by atoms with Gasteiger partial charge in [-0.05, 0) is 38.4 Å². The number of rotatable bonds is 6. The fourth-order valence-electron chi connectivity index (χ4n) is 2.89. The lowest BCUT2D eigenvalue weighted by Crippen LogP contribution is -2.22. The number of nitrogens with one attached hydrogen (secondary N) is 1. The third-order valence-electron chi connectivity index (χ3n) is 4.18. The predicted molar refractivity (Wildman–Crippen MR) is 93.8 cm³/mol. The van der Waals surface area contributed by atoms with E-state index < -0.39 is 0 Å². The van der Waals surface area contributed by atoms with Crippen molar-refractivity contribution in [3.63, 3.8) is 0 Å². The first-order valence-electron chi connectivity index (χ1n) is 8.23. The van der Waals surface area contributed by atoms with Gasteiger partial charge in [0.25, 0.3) is 5.91 Å². The minimum Gasteiger partial charge on any atom is -0.347 e. The van der Waals surface area contributed by atoms with E-state index >= 15 is 0 Å². The second kappa shape index (κ2) is 7.70. The molecule has 2 heterocycles. The van der Waals surface area contributed by atoms with E-state index in [4.69, 9.17) is 0 Å². The number of aromatic nitrogens is 1. The summed E-state index contributed by atoms with van der Waals surface area (Å²) in [6, 6.07) is 9.97. The van der Waals surface area contributed by atoms with Crippen LogP contribution in [0.2, 0.25) is 0 Å². The van der Waals surface area contributed by atoms with Crippen molar-refractivity contribution in [3.8, 4) is 0 Å². The molecule has 122 valence electrons. The van der Waals surface area contributed by atoms with Crippen LogP contribution in [-0.2, 0) is 13.0 Å². The van der Waals surface area contributed by atoms with Crippen LogP contribution in [0, 0.1) is 6.92 Å². The predicted octanol–water partition coefficient (Wildman–Crippen LogP) is 3.02. The lowest BCUT2D eigenvalue weighted by Gasteiger charge is -2.12. The molecule has 23 heavy (non-hydrogen) atoms. The third kappa shape index (κ3) is 4.39. The Kier molecular flexibility index (Phi) is 5.41. The molecule has 1 aliphatic rings. The van der Waals surface area contributed by atoms with E-state index in [-0.39, 0.29) is 5.91 Å². The molecule has 2 aromatic rings. The van der Waals surface area contributed by atoms with Crippen molar-refractivity contribution in [2.45, 2.75) is 32.7 Å². The summed E-state index contributed by atoms with van der Waals surface area (Å²) >= 11 is 1.54. The van der Waals surface area contributed by atoms with E-state index in [1.807, 2.05) is 37.3 Å². The molecule has 0 atom stereocenters. The summed E-state index contributed by atoms with van der Waals surface area (Å²) in [7, 11) is 0. The Balaban J connectivity index is 1.55. The standard InChI is InChI=1S/C18H23N3OS/c1-14-17(18(22)19-13-15-7-3-2-4-8-15)23-16(20-14)9-12-21-10-5-6-11-21/h2-4,7-8H,5-6,9-13H2,1H3,(H,19,22). The number of benzene rings is 1. The van der Waals surface area contributed by atoms with E-state index in [2.05, 4.69) is 15.2 Å². The van der Waals surface area contributed by atoms with Gasteiger partial charge in [-0.15, -0.1) is 11.3 Å². The summed E-state index contributed by atoms with van der Waals surface area (Å²) in [5.41, 5.74) is 1.95. The Morgan fingerprint density at radius 3 is 2.74 bits per heavy atom. The molecule has 1 aromatic heterocycles. The van der Waals surface area contributed by atoms with Crippen LogP contribution >= 0.6 is 11.3 Å². The quantitative estimate of drug-likeness (QED) is 0.886. The van der Waals surface area contributed by atoms with Gasteiger partial charge in [-0.3, -0.25) is 4.79 Å². The summed E-state index contributed by atoms with van der Waals surface area (Å²) in [5, 5.41) is 4.06. The van der Waals surface area contributed by atoms with E-state index in [9.17, 15) is 4.79 Å². The highest BCUT2D eigenvalue weighted by Gasteiger charge is 2.17. The molecule has 3 rings (SSSR count). The van der Waals surface area contributed by atoms with Crippen LogP contribution < -0.4 is 5.32 Å². The molecular formula is C18H23N3OS. The van der Waals surface area contributed by atoms with Crippen LogP contribution in [-0.4, -0.2) is 35.4 Å². The topological polar surface area (TPSA) is 45.2 Å². The van der Waals surface area contributed by atoms with Crippen molar-refractivity contribution >= 4 is 17.2 Å². The van der Waals surface area contributed by atoms with Crippen molar-refractivity contribution in [1.82, 2.24) is 15.2 Å². The zero-order valence-electron chi connectivity index (χ0n) is 13.5. The monoisotopic (exact) mass is 329 g/mol. The number of nitrogens with zero attached hydrogens (tertiary/aromatic N) is 2. The lowest BCUT2D eigenvalue weighted by molar-refractivity contribution is 0.0954. The van der Waals surface area contributed by atoms with Gasteiger partial charge in [0, 0.05) is 19.5 Å². The minimum atomic E-state index is -0.0173. The van der Waals surface area contributed by atoms with Gasteiger partial charge in [0.05, 0.1) is 10.7 Å². The van der Waals surface area contributed by atoms with Gasteiger partial charge in [-0.25, -0.2) is 4.98 Å². The van der Waals surface area contributed by atoms with Crippen molar-refractivity contribution in [1.29, 1.82) is 0 Å². The molecule has 1 fully saturated rings. The normalized spacial score (nSPS) is 15.0. The van der Waals surface area contributed by atoms with E-state index in [0.29, 0.717) is 6.54 Å². The number of hydrogen-bond donors (Lipinski definition) is 1. The lowest BCUT2D eigenvalue weighted by atomic mass is 10.2. The van der Waals surface area contributed by atoms with E-state index in [0.717, 1.165) is 34.1 Å². The number of amides is 1. The molecule has 0 saturated carbocycles. The molecule has 0 spiro atoms. The first-order chi connectivity index (χ1) is 11.2. The zero-order valence-corrected chi connectivity index (χ0v) is 14.4. The Labute approximate surface area is 141 Å². The maximum Gasteiger partial charge on any atom is 0.263 e. The first kappa shape index (κ1) is 16.1. The van der Waals surface area contributed by atoms with Crippen molar-refractivity contribution in [2.24, 2.45) is 0 Å². The maximum absolute atomic E-state index is 12.4. The molecule has 0 radical (unpaired) electrons. The van der Waals surface area contributed by atoms with Gasteiger partial charge in [0.2, 0.25) is 0 Å². The average molecular weight is 329 g/mol. The van der Waals surface area contributed by atoms with Crippen LogP contribution in [0.1, 0.15) is 38.8 Å². The number of likely N-dealkylation sites (tertiary alicyclic amines) is 1. The summed E-state index contributed by atoms with van der Waals surface area (Å²) in [6.45, 7) is 5.94.